The number of hydrogen-bond acceptors (Lipinski definition) is 12. The lowest BCUT2D eigenvalue weighted by molar-refractivity contribution is -0.150. The number of rotatable bonds is 8. The molecule has 31 heavy (non-hydrogen) atoms. The number of carbonyl (C=O) groups excluding carboxylic acids is 2. The number of thiazole rings is 1. The van der Waals surface area contributed by atoms with Crippen LogP contribution in [0.1, 0.15) is 5.01 Å². The van der Waals surface area contributed by atoms with Crippen molar-refractivity contribution in [3.8, 4) is 0 Å². The van der Waals surface area contributed by atoms with Crippen molar-refractivity contribution < 1.29 is 19.5 Å². The van der Waals surface area contributed by atoms with Crippen LogP contribution in [0.4, 0.5) is 10.9 Å². The van der Waals surface area contributed by atoms with Crippen molar-refractivity contribution in [1.29, 1.82) is 0 Å². The number of carboxylic acids is 1. The minimum Gasteiger partial charge on any atom is -0.477 e. The van der Waals surface area contributed by atoms with E-state index in [0.29, 0.717) is 28.0 Å². The van der Waals surface area contributed by atoms with Crippen molar-refractivity contribution in [2.24, 2.45) is 0 Å². The Morgan fingerprint density at radius 1 is 1.42 bits per heavy atom. The van der Waals surface area contributed by atoms with E-state index in [-0.39, 0.29) is 18.1 Å². The number of hydrogen-bond donors (Lipinski definition) is 4. The molecule has 2 atom stereocenters. The quantitative estimate of drug-likeness (QED) is 0.300. The number of anilines is 2. The maximum Gasteiger partial charge on any atom is 0.352 e. The molecule has 0 unspecified atom stereocenters. The predicted molar refractivity (Wildman–Crippen MR) is 120 cm³/mol. The number of aromatic nitrogens is 3. The Morgan fingerprint density at radius 3 is 2.87 bits per heavy atom. The standard InChI is InChI=1S/C16H17N7O4S4/c1-6-21-22-16(31-6)30-4-7-3-28-13-10(12(25)23(13)11(7)14(26)27)20-9(24)2-18-8-5-29-15(17)19-8/h5,10,13,18H,2-4H2,1H3,(H2,17,19)(H,20,24)(H,26,27)/t10-,13+/m1/s1. The summed E-state index contributed by atoms with van der Waals surface area (Å²) < 4.78 is 0.747. The first-order valence-electron chi connectivity index (χ1n) is 8.90. The van der Waals surface area contributed by atoms with Crippen molar-refractivity contribution in [3.05, 3.63) is 21.7 Å². The summed E-state index contributed by atoms with van der Waals surface area (Å²) in [4.78, 5) is 42.1. The number of fused-ring (bicyclic) bond motifs is 1. The molecule has 4 heterocycles. The van der Waals surface area contributed by atoms with Crippen LogP contribution in [-0.2, 0) is 14.4 Å². The molecule has 15 heteroatoms. The van der Waals surface area contributed by atoms with Gasteiger partial charge in [0, 0.05) is 16.9 Å². The van der Waals surface area contributed by atoms with Gasteiger partial charge in [0.25, 0.3) is 5.91 Å². The summed E-state index contributed by atoms with van der Waals surface area (Å²) in [5.41, 5.74) is 6.18. The smallest absolute Gasteiger partial charge is 0.352 e. The van der Waals surface area contributed by atoms with Crippen LogP contribution < -0.4 is 16.4 Å². The maximum atomic E-state index is 12.7. The summed E-state index contributed by atoms with van der Waals surface area (Å²) in [6, 6.07) is -0.769. The van der Waals surface area contributed by atoms with Crippen molar-refractivity contribution in [2.75, 3.05) is 29.1 Å². The summed E-state index contributed by atoms with van der Waals surface area (Å²) in [7, 11) is 0. The summed E-state index contributed by atoms with van der Waals surface area (Å²) in [6.45, 7) is 1.77. The van der Waals surface area contributed by atoms with E-state index in [4.69, 9.17) is 5.73 Å². The number of β-lactam (4-membered cyclic amide) rings is 1. The van der Waals surface area contributed by atoms with Crippen LogP contribution >= 0.6 is 46.2 Å². The van der Waals surface area contributed by atoms with E-state index in [9.17, 15) is 19.5 Å². The monoisotopic (exact) mass is 499 g/mol. The Morgan fingerprint density at radius 2 is 2.23 bits per heavy atom. The van der Waals surface area contributed by atoms with Gasteiger partial charge in [-0.1, -0.05) is 23.1 Å². The molecule has 5 N–H and O–H groups in total. The number of nitrogens with two attached hydrogens (primary N) is 1. The van der Waals surface area contributed by atoms with E-state index < -0.39 is 23.3 Å². The molecule has 2 aliphatic heterocycles. The van der Waals surface area contributed by atoms with Gasteiger partial charge in [-0.3, -0.25) is 14.5 Å². The molecule has 4 rings (SSSR count). The third kappa shape index (κ3) is 4.63. The molecule has 1 fully saturated rings. The number of nitrogen functional groups attached to an aromatic ring is 1. The second-order valence-electron chi connectivity index (χ2n) is 6.51. The molecule has 2 aromatic rings. The van der Waals surface area contributed by atoms with E-state index in [1.807, 2.05) is 6.92 Å². The summed E-state index contributed by atoms with van der Waals surface area (Å²) >= 11 is 5.50. The van der Waals surface area contributed by atoms with Crippen LogP contribution in [0.5, 0.6) is 0 Å². The first-order chi connectivity index (χ1) is 14.8. The Bertz CT molecular complexity index is 1070. The lowest BCUT2D eigenvalue weighted by Crippen LogP contribution is -2.71. The van der Waals surface area contributed by atoms with E-state index in [2.05, 4.69) is 25.8 Å². The van der Waals surface area contributed by atoms with Gasteiger partial charge in [0.2, 0.25) is 5.91 Å². The highest BCUT2D eigenvalue weighted by atomic mass is 32.2. The first-order valence-corrected chi connectivity index (χ1v) is 12.6. The van der Waals surface area contributed by atoms with Crippen LogP contribution in [0, 0.1) is 6.92 Å². The fourth-order valence-electron chi connectivity index (χ4n) is 3.04. The van der Waals surface area contributed by atoms with Gasteiger partial charge in [0.1, 0.15) is 27.9 Å². The fraction of sp³-hybridized carbons (Fsp3) is 0.375. The molecule has 0 bridgehead atoms. The average molecular weight is 500 g/mol. The van der Waals surface area contributed by atoms with Crippen molar-refractivity contribution in [1.82, 2.24) is 25.4 Å². The Labute approximate surface area is 192 Å². The zero-order valence-electron chi connectivity index (χ0n) is 16.0. The summed E-state index contributed by atoms with van der Waals surface area (Å²) in [6.07, 6.45) is 0. The normalized spacial score (nSPS) is 20.3. The largest absolute Gasteiger partial charge is 0.477 e. The molecule has 11 nitrogen and oxygen atoms in total. The molecule has 1 saturated heterocycles. The van der Waals surface area contributed by atoms with Crippen molar-refractivity contribution in [2.45, 2.75) is 22.7 Å². The van der Waals surface area contributed by atoms with Gasteiger partial charge < -0.3 is 21.5 Å². The average Bonchev–Trinajstić information content (AvgIpc) is 3.35. The number of nitrogens with zero attached hydrogens (tertiary/aromatic N) is 4. The summed E-state index contributed by atoms with van der Waals surface area (Å²) in [5, 5.41) is 25.7. The van der Waals surface area contributed by atoms with Gasteiger partial charge in [-0.05, 0) is 12.5 Å². The molecule has 2 aromatic heterocycles. The van der Waals surface area contributed by atoms with Gasteiger partial charge in [-0.15, -0.1) is 33.3 Å². The number of aliphatic carboxylic acids is 1. The number of carboxylic acid groups (broad SMARTS) is 1. The lowest BCUT2D eigenvalue weighted by atomic mass is 10.0. The number of aryl methyl sites for hydroxylation is 1. The molecule has 0 saturated carbocycles. The Hall–Kier alpha value is -2.36. The maximum absolute atomic E-state index is 12.7. The lowest BCUT2D eigenvalue weighted by Gasteiger charge is -2.49. The van der Waals surface area contributed by atoms with Crippen molar-refractivity contribution >= 4 is 74.9 Å². The molecular weight excluding hydrogens is 482 g/mol. The predicted octanol–water partition coefficient (Wildman–Crippen LogP) is 0.828. The van der Waals surface area contributed by atoms with Gasteiger partial charge in [-0.2, -0.15) is 0 Å². The van der Waals surface area contributed by atoms with Crippen LogP contribution in [0.25, 0.3) is 0 Å². The van der Waals surface area contributed by atoms with E-state index in [1.165, 1.54) is 51.1 Å². The topological polar surface area (TPSA) is 163 Å². The minimum atomic E-state index is -1.16. The van der Waals surface area contributed by atoms with Crippen LogP contribution in [-0.4, -0.2) is 72.4 Å². The van der Waals surface area contributed by atoms with E-state index in [1.54, 1.807) is 5.38 Å². The zero-order chi connectivity index (χ0) is 22.1. The minimum absolute atomic E-state index is 0.0101. The van der Waals surface area contributed by atoms with Crippen LogP contribution in [0.2, 0.25) is 0 Å². The molecule has 0 aliphatic carbocycles. The number of nitrogens with one attached hydrogen (secondary N) is 2. The fourth-order valence-corrected chi connectivity index (χ4v) is 6.86. The highest BCUT2D eigenvalue weighted by molar-refractivity contribution is 8.01. The highest BCUT2D eigenvalue weighted by Crippen LogP contribution is 2.41. The molecule has 0 radical (unpaired) electrons. The van der Waals surface area contributed by atoms with Crippen molar-refractivity contribution in [3.63, 3.8) is 0 Å². The highest BCUT2D eigenvalue weighted by Gasteiger charge is 2.54. The third-order valence-electron chi connectivity index (χ3n) is 4.40. The summed E-state index contributed by atoms with van der Waals surface area (Å²) in [5.74, 6) is -0.652. The van der Waals surface area contributed by atoms with E-state index in [0.717, 1.165) is 9.35 Å². The number of amides is 2. The van der Waals surface area contributed by atoms with Gasteiger partial charge >= 0.3 is 5.97 Å². The third-order valence-corrected chi connectivity index (χ3v) is 8.47. The second kappa shape index (κ2) is 9.02. The van der Waals surface area contributed by atoms with E-state index >= 15 is 0 Å². The van der Waals surface area contributed by atoms with Gasteiger partial charge in [0.05, 0.1) is 6.54 Å². The molecule has 2 aliphatic rings. The van der Waals surface area contributed by atoms with Crippen LogP contribution in [0.15, 0.2) is 21.0 Å². The zero-order valence-corrected chi connectivity index (χ0v) is 19.3. The first kappa shape index (κ1) is 21.9. The Kier molecular flexibility index (Phi) is 6.36. The molecule has 0 aromatic carbocycles. The van der Waals surface area contributed by atoms with Gasteiger partial charge in [-0.25, -0.2) is 9.78 Å². The van der Waals surface area contributed by atoms with Gasteiger partial charge in [0.15, 0.2) is 9.47 Å². The number of carbonyl (C=O) groups is 3. The number of thioether (sulfide) groups is 2. The molecule has 164 valence electrons. The molecular formula is C16H17N7O4S4. The Balaban J connectivity index is 1.38. The van der Waals surface area contributed by atoms with Crippen LogP contribution in [0.3, 0.4) is 0 Å². The molecule has 2 amide bonds. The second-order valence-corrected chi connectivity index (χ2v) is 10.9. The molecule has 0 spiro atoms. The SMILES string of the molecule is Cc1nnc(SCC2=C(C(=O)O)N3C(=O)[C@@H](NC(=O)CNc4csc(N)n4)[C@@H]3SC2)s1.